The zero-order valence-corrected chi connectivity index (χ0v) is 19.5. The molecule has 2 aromatic heterocycles. The highest BCUT2D eigenvalue weighted by molar-refractivity contribution is 5.85. The summed E-state index contributed by atoms with van der Waals surface area (Å²) in [5.41, 5.74) is 1.65. The van der Waals surface area contributed by atoms with Crippen molar-refractivity contribution in [2.24, 2.45) is 0 Å². The van der Waals surface area contributed by atoms with Gasteiger partial charge < -0.3 is 20.1 Å². The number of fused-ring (bicyclic) bond motifs is 1. The van der Waals surface area contributed by atoms with Crippen LogP contribution in [0.1, 0.15) is 12.5 Å². The summed E-state index contributed by atoms with van der Waals surface area (Å²) in [6.07, 6.45) is 0.650. The molecule has 0 saturated carbocycles. The van der Waals surface area contributed by atoms with E-state index in [9.17, 15) is 9.90 Å². The highest BCUT2D eigenvalue weighted by Crippen LogP contribution is 2.22. The quantitative estimate of drug-likeness (QED) is 0.473. The van der Waals surface area contributed by atoms with E-state index in [1.165, 1.54) is 4.57 Å². The van der Waals surface area contributed by atoms with Gasteiger partial charge in [0.15, 0.2) is 11.2 Å². The molecule has 3 aromatic rings. The number of piperazine rings is 1. The molecule has 0 amide bonds. The summed E-state index contributed by atoms with van der Waals surface area (Å²) >= 11 is 0. The second-order valence-electron chi connectivity index (χ2n) is 7.49. The van der Waals surface area contributed by atoms with Crippen LogP contribution in [0.2, 0.25) is 0 Å². The summed E-state index contributed by atoms with van der Waals surface area (Å²) in [5.74, 6) is 6.67. The molecule has 10 heteroatoms. The smallest absolute Gasteiger partial charge is 0.301 e. The summed E-state index contributed by atoms with van der Waals surface area (Å²) in [4.78, 5) is 25.1. The van der Waals surface area contributed by atoms with E-state index in [0.29, 0.717) is 36.6 Å². The Morgan fingerprint density at radius 2 is 1.91 bits per heavy atom. The predicted molar refractivity (Wildman–Crippen MR) is 130 cm³/mol. The first-order chi connectivity index (χ1) is 15.7. The third-order valence-electron chi connectivity index (χ3n) is 5.41. The van der Waals surface area contributed by atoms with Gasteiger partial charge in [0, 0.05) is 32.7 Å². The molecule has 0 bridgehead atoms. The molecule has 9 nitrogen and oxygen atoms in total. The van der Waals surface area contributed by atoms with Crippen LogP contribution in [0.4, 0.5) is 5.95 Å². The maximum atomic E-state index is 13.7. The first-order valence-electron chi connectivity index (χ1n) is 10.9. The lowest BCUT2D eigenvalue weighted by atomic mass is 10.1. The highest BCUT2D eigenvalue weighted by Gasteiger charge is 2.24. The molecule has 4 rings (SSSR count). The largest absolute Gasteiger partial charge is 0.462 e. The van der Waals surface area contributed by atoms with E-state index in [4.69, 9.17) is 9.72 Å². The van der Waals surface area contributed by atoms with Crippen LogP contribution in [0.15, 0.2) is 35.1 Å². The number of ether oxygens (including phenoxy) is 1. The second-order valence-corrected chi connectivity index (χ2v) is 7.49. The first-order valence-corrected chi connectivity index (χ1v) is 10.9. The topological polar surface area (TPSA) is 97.4 Å². The maximum absolute atomic E-state index is 13.7. The van der Waals surface area contributed by atoms with Crippen molar-refractivity contribution in [1.82, 2.24) is 24.4 Å². The lowest BCUT2D eigenvalue weighted by Crippen LogP contribution is -2.44. The molecule has 0 radical (unpaired) electrons. The van der Waals surface area contributed by atoms with E-state index in [1.54, 1.807) is 6.92 Å². The molecule has 3 heterocycles. The summed E-state index contributed by atoms with van der Waals surface area (Å²) < 4.78 is 9.03. The fourth-order valence-electron chi connectivity index (χ4n) is 3.83. The van der Waals surface area contributed by atoms with Crippen LogP contribution in [0, 0.1) is 11.8 Å². The van der Waals surface area contributed by atoms with Gasteiger partial charge in [0.1, 0.15) is 6.61 Å². The van der Waals surface area contributed by atoms with E-state index in [0.717, 1.165) is 31.7 Å². The molecule has 0 spiro atoms. The van der Waals surface area contributed by atoms with Crippen LogP contribution < -0.4 is 20.5 Å². The van der Waals surface area contributed by atoms with Crippen molar-refractivity contribution in [3.8, 4) is 17.9 Å². The Morgan fingerprint density at radius 1 is 1.15 bits per heavy atom. The van der Waals surface area contributed by atoms with Gasteiger partial charge in [-0.05, 0) is 18.9 Å². The van der Waals surface area contributed by atoms with E-state index >= 15 is 0 Å². The van der Waals surface area contributed by atoms with E-state index < -0.39 is 0 Å². The average Bonchev–Trinajstić information content (AvgIpc) is 3.20. The Hall–Kier alpha value is -3.06. The van der Waals surface area contributed by atoms with Gasteiger partial charge in [-0.25, -0.2) is 0 Å². The van der Waals surface area contributed by atoms with Crippen LogP contribution in [0.3, 0.4) is 0 Å². The number of hydrogen-bond acceptors (Lipinski definition) is 7. The van der Waals surface area contributed by atoms with E-state index in [2.05, 4.69) is 27.0 Å². The number of anilines is 1. The number of halogens is 1. The second kappa shape index (κ2) is 11.7. The minimum absolute atomic E-state index is 0. The van der Waals surface area contributed by atoms with Gasteiger partial charge in [-0.1, -0.05) is 36.3 Å². The number of aliphatic hydroxyl groups excluding tert-OH is 1. The Bertz CT molecular complexity index is 1180. The fraction of sp³-hybridized carbons (Fsp3) is 0.435. The molecule has 1 fully saturated rings. The number of benzene rings is 1. The number of aryl methyl sites for hydroxylation is 1. The SMILES string of the molecule is CC#CCn1c(N2CCNCC2)nc2nc(OCCO)n(CCc3ccccc3)c(=O)c21.Cl. The minimum Gasteiger partial charge on any atom is -0.462 e. The van der Waals surface area contributed by atoms with E-state index in [1.807, 2.05) is 34.9 Å². The third-order valence-corrected chi connectivity index (χ3v) is 5.41. The Labute approximate surface area is 198 Å². The molecule has 1 saturated heterocycles. The van der Waals surface area contributed by atoms with Crippen molar-refractivity contribution in [2.75, 3.05) is 44.3 Å². The lowest BCUT2D eigenvalue weighted by molar-refractivity contribution is 0.184. The van der Waals surface area contributed by atoms with Crippen molar-refractivity contribution in [3.63, 3.8) is 0 Å². The number of nitrogens with zero attached hydrogens (tertiary/aromatic N) is 5. The lowest BCUT2D eigenvalue weighted by Gasteiger charge is -2.28. The zero-order valence-electron chi connectivity index (χ0n) is 18.7. The number of nitrogens with one attached hydrogen (secondary N) is 1. The minimum atomic E-state index is -0.217. The molecule has 1 aliphatic heterocycles. The number of rotatable bonds is 8. The zero-order chi connectivity index (χ0) is 22.3. The van der Waals surface area contributed by atoms with Gasteiger partial charge in [0.2, 0.25) is 5.95 Å². The summed E-state index contributed by atoms with van der Waals surface area (Å²) in [6, 6.07) is 10.1. The number of imidazole rings is 1. The Morgan fingerprint density at radius 3 is 2.61 bits per heavy atom. The maximum Gasteiger partial charge on any atom is 0.301 e. The molecule has 1 aliphatic rings. The third kappa shape index (κ3) is 5.47. The van der Waals surface area contributed by atoms with Crippen molar-refractivity contribution in [3.05, 3.63) is 46.2 Å². The van der Waals surface area contributed by atoms with Gasteiger partial charge in [-0.15, -0.1) is 18.3 Å². The summed E-state index contributed by atoms with van der Waals surface area (Å²) in [5, 5.41) is 12.6. The number of hydrogen-bond donors (Lipinski definition) is 2. The highest BCUT2D eigenvalue weighted by atomic mass is 35.5. The van der Waals surface area contributed by atoms with Crippen molar-refractivity contribution >= 4 is 29.5 Å². The summed E-state index contributed by atoms with van der Waals surface area (Å²) in [7, 11) is 0. The van der Waals surface area contributed by atoms with Crippen LogP contribution in [-0.2, 0) is 19.5 Å². The normalized spacial score (nSPS) is 13.3. The molecule has 0 aliphatic carbocycles. The van der Waals surface area contributed by atoms with Crippen LogP contribution in [-0.4, -0.2) is 63.6 Å². The molecular weight excluding hydrogens is 444 g/mol. The predicted octanol–water partition coefficient (Wildman–Crippen LogP) is 1.06. The van der Waals surface area contributed by atoms with Crippen LogP contribution in [0.25, 0.3) is 11.2 Å². The number of aromatic nitrogens is 4. The van der Waals surface area contributed by atoms with Gasteiger partial charge in [-0.2, -0.15) is 9.97 Å². The average molecular weight is 473 g/mol. The molecule has 176 valence electrons. The monoisotopic (exact) mass is 472 g/mol. The summed E-state index contributed by atoms with van der Waals surface area (Å²) in [6.45, 7) is 5.71. The van der Waals surface area contributed by atoms with Crippen LogP contribution in [0.5, 0.6) is 6.01 Å². The van der Waals surface area contributed by atoms with Crippen molar-refractivity contribution in [2.45, 2.75) is 26.4 Å². The van der Waals surface area contributed by atoms with Crippen molar-refractivity contribution in [1.29, 1.82) is 0 Å². The van der Waals surface area contributed by atoms with E-state index in [-0.39, 0.29) is 37.2 Å². The van der Waals surface area contributed by atoms with Gasteiger partial charge >= 0.3 is 6.01 Å². The van der Waals surface area contributed by atoms with Crippen LogP contribution >= 0.6 is 12.4 Å². The Balaban J connectivity index is 0.00000306. The van der Waals surface area contributed by atoms with Gasteiger partial charge in [-0.3, -0.25) is 13.9 Å². The van der Waals surface area contributed by atoms with Crippen molar-refractivity contribution < 1.29 is 9.84 Å². The van der Waals surface area contributed by atoms with Gasteiger partial charge in [0.25, 0.3) is 5.56 Å². The number of aliphatic hydroxyl groups is 1. The molecule has 0 atom stereocenters. The first kappa shape index (κ1) is 24.6. The molecular formula is C23H29ClN6O3. The molecule has 33 heavy (non-hydrogen) atoms. The molecule has 2 N–H and O–H groups in total. The molecule has 1 aromatic carbocycles. The van der Waals surface area contributed by atoms with Gasteiger partial charge in [0.05, 0.1) is 13.2 Å². The standard InChI is InChI=1S/C23H28N6O3.ClH/c1-2-3-12-28-19-20(25-22(28)27-14-10-24-11-15-27)26-23(32-17-16-30)29(21(19)31)13-9-18-7-5-4-6-8-18;/h4-8,24,30H,9-17H2,1H3;1H. The fourth-order valence-corrected chi connectivity index (χ4v) is 3.83. The Kier molecular flexibility index (Phi) is 8.72. The molecule has 0 unspecified atom stereocenters.